The molecule has 10 aromatic rings. The zero-order valence-corrected chi connectivity index (χ0v) is 29.6. The summed E-state index contributed by atoms with van der Waals surface area (Å²) in [4.78, 5) is 2.40. The number of para-hydroxylation sites is 3. The van der Waals surface area contributed by atoms with E-state index in [1.165, 1.54) is 33.0 Å². The van der Waals surface area contributed by atoms with Crippen LogP contribution in [0, 0.1) is 0 Å². The topological polar surface area (TPSA) is 16.4 Å². The smallest absolute Gasteiger partial charge is 0.143 e. The van der Waals surface area contributed by atoms with E-state index in [0.717, 1.165) is 61.3 Å². The third-order valence-electron chi connectivity index (χ3n) is 10.5. The maximum Gasteiger partial charge on any atom is 0.143 e. The first-order chi connectivity index (χ1) is 26.8. The van der Waals surface area contributed by atoms with Gasteiger partial charge in [0.25, 0.3) is 0 Å². The van der Waals surface area contributed by atoms with Gasteiger partial charge in [-0.3, -0.25) is 0 Å². The molecule has 0 aliphatic carbocycles. The van der Waals surface area contributed by atoms with Crippen LogP contribution in [-0.2, 0) is 0 Å². The second-order valence-corrected chi connectivity index (χ2v) is 13.7. The van der Waals surface area contributed by atoms with Crippen LogP contribution in [0.2, 0.25) is 0 Å². The molecule has 10 rings (SSSR count). The minimum absolute atomic E-state index is 0.889. The summed E-state index contributed by atoms with van der Waals surface area (Å²) < 4.78 is 6.77. The van der Waals surface area contributed by atoms with Gasteiger partial charge in [-0.1, -0.05) is 170 Å². The van der Waals surface area contributed by atoms with E-state index < -0.39 is 0 Å². The molecule has 9 aromatic carbocycles. The van der Waals surface area contributed by atoms with Crippen molar-refractivity contribution < 1.29 is 4.42 Å². The van der Waals surface area contributed by atoms with Gasteiger partial charge in [0.15, 0.2) is 0 Å². The fourth-order valence-corrected chi connectivity index (χ4v) is 7.84. The Morgan fingerprint density at radius 2 is 0.833 bits per heavy atom. The Bertz CT molecular complexity index is 2920. The quantitative estimate of drug-likeness (QED) is 0.166. The van der Waals surface area contributed by atoms with Crippen molar-refractivity contribution >= 4 is 49.8 Å². The highest BCUT2D eigenvalue weighted by atomic mass is 16.3. The van der Waals surface area contributed by atoms with E-state index in [1.807, 2.05) is 0 Å². The molecule has 1 heterocycles. The van der Waals surface area contributed by atoms with Crippen LogP contribution >= 0.6 is 0 Å². The fourth-order valence-electron chi connectivity index (χ4n) is 7.84. The lowest BCUT2D eigenvalue weighted by Crippen LogP contribution is -2.12. The Balaban J connectivity index is 1.15. The lowest BCUT2D eigenvalue weighted by Gasteiger charge is -2.30. The Labute approximate surface area is 314 Å². The zero-order valence-electron chi connectivity index (χ0n) is 29.6. The van der Waals surface area contributed by atoms with Crippen molar-refractivity contribution in [1.82, 2.24) is 0 Å². The summed E-state index contributed by atoms with van der Waals surface area (Å²) in [5.41, 5.74) is 14.2. The summed E-state index contributed by atoms with van der Waals surface area (Å²) >= 11 is 0. The lowest BCUT2D eigenvalue weighted by atomic mass is 9.96. The molecule has 2 heteroatoms. The molecule has 0 N–H and O–H groups in total. The molecule has 0 aliphatic heterocycles. The van der Waals surface area contributed by atoms with Crippen LogP contribution in [0.15, 0.2) is 217 Å². The van der Waals surface area contributed by atoms with Gasteiger partial charge in [-0.15, -0.1) is 0 Å². The average Bonchev–Trinajstić information content (AvgIpc) is 3.62. The molecule has 0 amide bonds. The minimum atomic E-state index is 0.889. The molecule has 0 atom stereocenters. The lowest BCUT2D eigenvalue weighted by molar-refractivity contribution is 0.670. The fraction of sp³-hybridized carbons (Fsp3) is 0. The molecule has 0 fully saturated rings. The average molecular weight is 690 g/mol. The number of hydrogen-bond donors (Lipinski definition) is 0. The summed E-state index contributed by atoms with van der Waals surface area (Å²) in [6.45, 7) is 0. The molecule has 0 bridgehead atoms. The Kier molecular flexibility index (Phi) is 7.85. The number of furan rings is 1. The molecular weight excluding hydrogens is 655 g/mol. The van der Waals surface area contributed by atoms with Gasteiger partial charge in [-0.25, -0.2) is 0 Å². The molecule has 2 nitrogen and oxygen atoms in total. The van der Waals surface area contributed by atoms with E-state index in [2.05, 4.69) is 217 Å². The molecule has 0 radical (unpaired) electrons. The van der Waals surface area contributed by atoms with Crippen molar-refractivity contribution in [2.24, 2.45) is 0 Å². The predicted molar refractivity (Wildman–Crippen MR) is 228 cm³/mol. The maximum absolute atomic E-state index is 6.77. The Hall–Kier alpha value is -7.16. The van der Waals surface area contributed by atoms with Gasteiger partial charge in [0.05, 0.1) is 11.4 Å². The molecular formula is C52H35NO. The molecule has 0 spiro atoms. The van der Waals surface area contributed by atoms with E-state index >= 15 is 0 Å². The summed E-state index contributed by atoms with van der Waals surface area (Å²) in [7, 11) is 0. The van der Waals surface area contributed by atoms with Crippen molar-refractivity contribution in [2.75, 3.05) is 4.90 Å². The van der Waals surface area contributed by atoms with Gasteiger partial charge < -0.3 is 9.32 Å². The second-order valence-electron chi connectivity index (χ2n) is 13.7. The molecule has 254 valence electrons. The van der Waals surface area contributed by atoms with Crippen LogP contribution in [0.4, 0.5) is 17.1 Å². The van der Waals surface area contributed by atoms with E-state index in [4.69, 9.17) is 4.42 Å². The van der Waals surface area contributed by atoms with Gasteiger partial charge in [-0.05, 0) is 81.1 Å². The number of hydrogen-bond acceptors (Lipinski definition) is 2. The molecule has 0 unspecified atom stereocenters. The first-order valence-corrected chi connectivity index (χ1v) is 18.4. The van der Waals surface area contributed by atoms with Gasteiger partial charge >= 0.3 is 0 Å². The van der Waals surface area contributed by atoms with Crippen LogP contribution in [0.25, 0.3) is 77.2 Å². The standard InChI is InChI=1S/C52H35NO/c1-3-15-36(16-4-1)39-21-13-22-40(33-39)37-29-31-43(32-30-37)53(49-27-11-9-23-44(49)38-17-5-2-6-18-38)50-28-12-10-24-45(50)46-25-14-26-47-48-34-41-19-7-8-20-42(41)35-51(48)54-52(46)47/h1-35H. The zero-order chi connectivity index (χ0) is 35.8. The number of rotatable bonds is 7. The summed E-state index contributed by atoms with van der Waals surface area (Å²) in [5.74, 6) is 0. The third-order valence-corrected chi connectivity index (χ3v) is 10.5. The second kappa shape index (κ2) is 13.4. The molecule has 0 aliphatic rings. The normalized spacial score (nSPS) is 11.3. The van der Waals surface area contributed by atoms with Crippen molar-refractivity contribution in [3.63, 3.8) is 0 Å². The van der Waals surface area contributed by atoms with E-state index in [9.17, 15) is 0 Å². The van der Waals surface area contributed by atoms with Crippen molar-refractivity contribution in [3.8, 4) is 44.5 Å². The Morgan fingerprint density at radius 1 is 0.315 bits per heavy atom. The molecule has 0 saturated heterocycles. The highest BCUT2D eigenvalue weighted by Crippen LogP contribution is 2.47. The van der Waals surface area contributed by atoms with Crippen molar-refractivity contribution in [3.05, 3.63) is 212 Å². The number of nitrogens with zero attached hydrogens (tertiary/aromatic N) is 1. The van der Waals surface area contributed by atoms with Gasteiger partial charge in [-0.2, -0.15) is 0 Å². The predicted octanol–water partition coefficient (Wildman–Crippen LogP) is 14.9. The van der Waals surface area contributed by atoms with Crippen LogP contribution < -0.4 is 4.90 Å². The summed E-state index contributed by atoms with van der Waals surface area (Å²) in [6, 6.07) is 75.8. The van der Waals surface area contributed by atoms with Gasteiger partial charge in [0.2, 0.25) is 0 Å². The minimum Gasteiger partial charge on any atom is -0.455 e. The van der Waals surface area contributed by atoms with E-state index in [0.29, 0.717) is 0 Å². The van der Waals surface area contributed by atoms with Crippen LogP contribution in [-0.4, -0.2) is 0 Å². The molecule has 1 aromatic heterocycles. The van der Waals surface area contributed by atoms with Gasteiger partial charge in [0.1, 0.15) is 11.2 Å². The number of fused-ring (bicyclic) bond motifs is 4. The molecule has 0 saturated carbocycles. The van der Waals surface area contributed by atoms with Crippen molar-refractivity contribution in [1.29, 1.82) is 0 Å². The largest absolute Gasteiger partial charge is 0.455 e. The molecule has 54 heavy (non-hydrogen) atoms. The maximum atomic E-state index is 6.77. The summed E-state index contributed by atoms with van der Waals surface area (Å²) in [5, 5.41) is 4.62. The monoisotopic (exact) mass is 689 g/mol. The van der Waals surface area contributed by atoms with Gasteiger partial charge in [0, 0.05) is 33.2 Å². The Morgan fingerprint density at radius 3 is 1.56 bits per heavy atom. The SMILES string of the molecule is c1ccc(-c2cccc(-c3ccc(N(c4ccccc4-c4ccccc4)c4ccccc4-c4cccc5c4oc4cc6ccccc6cc45)cc3)c2)cc1. The highest BCUT2D eigenvalue weighted by molar-refractivity contribution is 6.14. The van der Waals surface area contributed by atoms with E-state index in [1.54, 1.807) is 0 Å². The highest BCUT2D eigenvalue weighted by Gasteiger charge is 2.22. The summed E-state index contributed by atoms with van der Waals surface area (Å²) in [6.07, 6.45) is 0. The number of anilines is 3. The van der Waals surface area contributed by atoms with Crippen LogP contribution in [0.1, 0.15) is 0 Å². The number of benzene rings is 9. The first kappa shape index (κ1) is 31.6. The third kappa shape index (κ3) is 5.62. The van der Waals surface area contributed by atoms with Crippen LogP contribution in [0.3, 0.4) is 0 Å². The first-order valence-electron chi connectivity index (χ1n) is 18.4. The van der Waals surface area contributed by atoms with Crippen LogP contribution in [0.5, 0.6) is 0 Å². The van der Waals surface area contributed by atoms with Crippen molar-refractivity contribution in [2.45, 2.75) is 0 Å². The van der Waals surface area contributed by atoms with E-state index in [-0.39, 0.29) is 0 Å².